The van der Waals surface area contributed by atoms with Gasteiger partial charge in [0.05, 0.1) is 23.5 Å². The van der Waals surface area contributed by atoms with E-state index in [1.807, 2.05) is 12.1 Å². The maximum atomic E-state index is 14.4. The number of H-pyrrole nitrogens is 1. The second-order valence-electron chi connectivity index (χ2n) is 9.83. The number of ether oxygens (including phenoxy) is 1. The molecular weight excluding hydrogens is 486 g/mol. The lowest BCUT2D eigenvalue weighted by Crippen LogP contribution is -2.30. The topological polar surface area (TPSA) is 92.0 Å². The van der Waals surface area contributed by atoms with Crippen molar-refractivity contribution >= 4 is 11.9 Å². The molecule has 2 unspecified atom stereocenters. The number of halogens is 2. The van der Waals surface area contributed by atoms with Crippen LogP contribution in [0.2, 0.25) is 0 Å². The zero-order chi connectivity index (χ0) is 26.6. The largest absolute Gasteiger partial charge is 0.491 e. The van der Waals surface area contributed by atoms with E-state index in [1.165, 1.54) is 6.07 Å². The maximum absolute atomic E-state index is 14.4. The highest BCUT2D eigenvalue weighted by Gasteiger charge is 2.29. The lowest BCUT2D eigenvalue weighted by molar-refractivity contribution is 0.198. The molecule has 7 nitrogen and oxygen atoms in total. The fourth-order valence-corrected chi connectivity index (χ4v) is 5.25. The Balaban J connectivity index is 1.28. The molecule has 9 heteroatoms. The average molecular weight is 517 g/mol. The van der Waals surface area contributed by atoms with Crippen LogP contribution in [0.4, 0.5) is 8.78 Å². The molecule has 1 aromatic heterocycles. The monoisotopic (exact) mass is 516 g/mol. The zero-order valence-electron chi connectivity index (χ0n) is 21.3. The van der Waals surface area contributed by atoms with Gasteiger partial charge in [-0.25, -0.2) is 13.8 Å². The molecule has 0 radical (unpaired) electrons. The number of nitriles is 1. The number of hydrogen-bond donors (Lipinski definition) is 2. The lowest BCUT2D eigenvalue weighted by atomic mass is 10.0. The molecule has 3 heterocycles. The van der Waals surface area contributed by atoms with Gasteiger partial charge in [0.2, 0.25) is 0 Å². The minimum atomic E-state index is -0.485. The summed E-state index contributed by atoms with van der Waals surface area (Å²) in [4.78, 5) is 11.7. The Morgan fingerprint density at radius 1 is 1.21 bits per heavy atom. The highest BCUT2D eigenvalue weighted by Crippen LogP contribution is 2.34. The summed E-state index contributed by atoms with van der Waals surface area (Å²) in [6.07, 6.45) is 8.68. The molecule has 0 spiro atoms. The molecule has 0 saturated carbocycles. The van der Waals surface area contributed by atoms with E-state index in [0.717, 1.165) is 49.2 Å². The maximum Gasteiger partial charge on any atom is 0.137 e. The second-order valence-corrected chi connectivity index (χ2v) is 9.83. The van der Waals surface area contributed by atoms with Crippen LogP contribution in [0.25, 0.3) is 17.3 Å². The molecule has 2 aliphatic heterocycles. The van der Waals surface area contributed by atoms with E-state index in [-0.39, 0.29) is 17.4 Å². The van der Waals surface area contributed by atoms with Crippen molar-refractivity contribution in [1.82, 2.24) is 19.8 Å². The molecule has 0 aliphatic carbocycles. The molecule has 2 fully saturated rings. The molecule has 38 heavy (non-hydrogen) atoms. The van der Waals surface area contributed by atoms with Crippen molar-refractivity contribution in [2.75, 3.05) is 26.7 Å². The van der Waals surface area contributed by atoms with Gasteiger partial charge in [0.1, 0.15) is 41.7 Å². The van der Waals surface area contributed by atoms with Crippen molar-refractivity contribution in [3.8, 4) is 23.1 Å². The van der Waals surface area contributed by atoms with Gasteiger partial charge in [-0.1, -0.05) is 6.07 Å². The highest BCUT2D eigenvalue weighted by molar-refractivity contribution is 5.94. The fraction of sp³-hybridized carbons (Fsp3) is 0.345. The first-order chi connectivity index (χ1) is 18.4. The van der Waals surface area contributed by atoms with Crippen LogP contribution in [0.3, 0.4) is 0 Å². The number of nitrogens with zero attached hydrogens (tertiary/aromatic N) is 4. The van der Waals surface area contributed by atoms with Crippen LogP contribution >= 0.6 is 0 Å². The minimum Gasteiger partial charge on any atom is -0.491 e. The first-order valence-electron chi connectivity index (χ1n) is 12.8. The Kier molecular flexibility index (Phi) is 7.52. The van der Waals surface area contributed by atoms with Crippen molar-refractivity contribution in [3.05, 3.63) is 77.3 Å². The van der Waals surface area contributed by atoms with Gasteiger partial charge in [0, 0.05) is 23.7 Å². The standard InChI is InChI=1S/C29H30F2N6O/c1-36-12-2-4-22(36)18-38-27-14-19(6-7-20(27)16-32)25-17-34-29(35-25)11-10-28(33)37-13-3-5-26(37)23-15-21(30)8-9-24(23)31/h6-11,14-15,17,22,26,33H,2-5,12-13,18H2,1H3,(H,34,35)/b11-10-,33-28?. The lowest BCUT2D eigenvalue weighted by Gasteiger charge is -2.26. The van der Waals surface area contributed by atoms with E-state index in [4.69, 9.17) is 10.1 Å². The molecule has 196 valence electrons. The molecule has 2 aliphatic rings. The van der Waals surface area contributed by atoms with Gasteiger partial charge in [-0.3, -0.25) is 5.41 Å². The molecule has 0 amide bonds. The SMILES string of the molecule is CN1CCCC1COc1cc(-c2cnc(/C=C\C(=N)N3CCCC3c3cc(F)ccc3F)[nH]2)ccc1C#N. The third-order valence-corrected chi connectivity index (χ3v) is 7.39. The molecule has 5 rings (SSSR count). The van der Waals surface area contributed by atoms with E-state index in [1.54, 1.807) is 29.3 Å². The third kappa shape index (κ3) is 5.46. The predicted octanol–water partition coefficient (Wildman–Crippen LogP) is 5.53. The third-order valence-electron chi connectivity index (χ3n) is 7.39. The van der Waals surface area contributed by atoms with Crippen LogP contribution in [0.15, 0.2) is 48.7 Å². The number of aromatic nitrogens is 2. The Morgan fingerprint density at radius 3 is 2.84 bits per heavy atom. The van der Waals surface area contributed by atoms with Crippen LogP contribution < -0.4 is 4.74 Å². The molecule has 2 atom stereocenters. The van der Waals surface area contributed by atoms with Gasteiger partial charge in [-0.05, 0) is 81.8 Å². The van der Waals surface area contributed by atoms with Crippen molar-refractivity contribution < 1.29 is 13.5 Å². The number of amidine groups is 1. The normalized spacial score (nSPS) is 19.8. The summed E-state index contributed by atoms with van der Waals surface area (Å²) in [7, 11) is 2.09. The quantitative estimate of drug-likeness (QED) is 0.318. The minimum absolute atomic E-state index is 0.208. The fourth-order valence-electron chi connectivity index (χ4n) is 5.25. The van der Waals surface area contributed by atoms with Crippen LogP contribution in [0.1, 0.15) is 48.7 Å². The Morgan fingerprint density at radius 2 is 2.05 bits per heavy atom. The average Bonchev–Trinajstić information content (AvgIpc) is 3.68. The number of likely N-dealkylation sites (N-methyl/N-ethyl adjacent to an activating group) is 1. The molecule has 2 N–H and O–H groups in total. The predicted molar refractivity (Wildman–Crippen MR) is 142 cm³/mol. The first kappa shape index (κ1) is 25.6. The summed E-state index contributed by atoms with van der Waals surface area (Å²) in [5.41, 5.74) is 2.35. The van der Waals surface area contributed by atoms with Gasteiger partial charge in [-0.15, -0.1) is 0 Å². The summed E-state index contributed by atoms with van der Waals surface area (Å²) in [6, 6.07) is 11.1. The van der Waals surface area contributed by atoms with E-state index in [2.05, 4.69) is 28.0 Å². The number of aromatic amines is 1. The summed E-state index contributed by atoms with van der Waals surface area (Å²) in [6.45, 7) is 2.18. The Bertz CT molecular complexity index is 1390. The highest BCUT2D eigenvalue weighted by atomic mass is 19.1. The number of nitrogens with one attached hydrogen (secondary N) is 2. The Labute approximate surface area is 220 Å². The van der Waals surface area contributed by atoms with Gasteiger partial charge in [-0.2, -0.15) is 5.26 Å². The molecule has 2 aromatic carbocycles. The van der Waals surface area contributed by atoms with Gasteiger partial charge >= 0.3 is 0 Å². The van der Waals surface area contributed by atoms with E-state index < -0.39 is 11.6 Å². The van der Waals surface area contributed by atoms with Crippen LogP contribution in [-0.2, 0) is 0 Å². The van der Waals surface area contributed by atoms with Crippen LogP contribution in [0.5, 0.6) is 5.75 Å². The number of imidazole rings is 1. The molecule has 3 aromatic rings. The van der Waals surface area contributed by atoms with Gasteiger partial charge in [0.25, 0.3) is 0 Å². The number of rotatable bonds is 7. The van der Waals surface area contributed by atoms with E-state index >= 15 is 0 Å². The van der Waals surface area contributed by atoms with Crippen molar-refractivity contribution in [2.24, 2.45) is 0 Å². The smallest absolute Gasteiger partial charge is 0.137 e. The summed E-state index contributed by atoms with van der Waals surface area (Å²) in [5.74, 6) is 0.359. The molecule has 0 bridgehead atoms. The van der Waals surface area contributed by atoms with Gasteiger partial charge in [0.15, 0.2) is 0 Å². The Hall–Kier alpha value is -4.03. The number of benzene rings is 2. The van der Waals surface area contributed by atoms with Crippen molar-refractivity contribution in [3.63, 3.8) is 0 Å². The summed E-state index contributed by atoms with van der Waals surface area (Å²) in [5, 5.41) is 18.1. The van der Waals surface area contributed by atoms with Crippen molar-refractivity contribution in [1.29, 1.82) is 10.7 Å². The van der Waals surface area contributed by atoms with Crippen molar-refractivity contribution in [2.45, 2.75) is 37.8 Å². The molecular formula is C29H30F2N6O. The van der Waals surface area contributed by atoms with Crippen LogP contribution in [-0.4, -0.2) is 58.4 Å². The number of likely N-dealkylation sites (tertiary alicyclic amines) is 2. The summed E-state index contributed by atoms with van der Waals surface area (Å²) < 4.78 is 34.2. The van der Waals surface area contributed by atoms with E-state index in [9.17, 15) is 14.0 Å². The van der Waals surface area contributed by atoms with E-state index in [0.29, 0.717) is 42.8 Å². The van der Waals surface area contributed by atoms with Gasteiger partial charge < -0.3 is 19.5 Å². The number of hydrogen-bond acceptors (Lipinski definition) is 5. The second kappa shape index (κ2) is 11.2. The summed E-state index contributed by atoms with van der Waals surface area (Å²) >= 11 is 0. The molecule has 2 saturated heterocycles. The van der Waals surface area contributed by atoms with Crippen LogP contribution in [0, 0.1) is 28.4 Å². The first-order valence-corrected chi connectivity index (χ1v) is 12.8. The zero-order valence-corrected chi connectivity index (χ0v) is 21.3.